The fourth-order valence-electron chi connectivity index (χ4n) is 4.40. The molecule has 38 heavy (non-hydrogen) atoms. The molecule has 198 valence electrons. The number of hydrogen-bond acceptors (Lipinski definition) is 8. The van der Waals surface area contributed by atoms with Crippen molar-refractivity contribution in [2.24, 2.45) is 5.92 Å². The van der Waals surface area contributed by atoms with Crippen LogP contribution in [-0.4, -0.2) is 51.0 Å². The Morgan fingerprint density at radius 2 is 1.79 bits per heavy atom. The normalized spacial score (nSPS) is 13.2. The zero-order chi connectivity index (χ0) is 26.8. The maximum Gasteiger partial charge on any atom is 0.141 e. The zero-order valence-electron chi connectivity index (χ0n) is 21.6. The van der Waals surface area contributed by atoms with Gasteiger partial charge in [-0.1, -0.05) is 35.3 Å². The number of aromatic nitrogens is 2. The Balaban J connectivity index is 1.63. The Bertz CT molecular complexity index is 1470. The number of anilines is 4. The van der Waals surface area contributed by atoms with E-state index in [4.69, 9.17) is 47.4 Å². The van der Waals surface area contributed by atoms with E-state index >= 15 is 0 Å². The van der Waals surface area contributed by atoms with E-state index in [0.717, 1.165) is 47.5 Å². The number of fused-ring (bicyclic) bond motifs is 1. The molecule has 1 fully saturated rings. The number of nitrogens with one attached hydrogen (secondary N) is 3. The molecule has 0 aliphatic carbocycles. The van der Waals surface area contributed by atoms with Crippen LogP contribution in [0.25, 0.3) is 22.0 Å². The lowest BCUT2D eigenvalue weighted by Gasteiger charge is -2.26. The van der Waals surface area contributed by atoms with Crippen LogP contribution in [0.15, 0.2) is 42.6 Å². The molecule has 0 amide bonds. The smallest absolute Gasteiger partial charge is 0.141 e. The molecule has 2 aromatic heterocycles. The summed E-state index contributed by atoms with van der Waals surface area (Å²) in [5, 5.41) is 12.7. The summed E-state index contributed by atoms with van der Waals surface area (Å²) < 4.78 is 16.3. The summed E-state index contributed by atoms with van der Waals surface area (Å²) in [6, 6.07) is 11.7. The van der Waals surface area contributed by atoms with Crippen molar-refractivity contribution in [3.05, 3.63) is 58.2 Å². The molecule has 0 saturated carbocycles. The number of aryl methyl sites for hydroxylation is 1. The van der Waals surface area contributed by atoms with Crippen LogP contribution in [0.2, 0.25) is 10.0 Å². The average molecular weight is 554 g/mol. The molecule has 0 spiro atoms. The van der Waals surface area contributed by atoms with Crippen molar-refractivity contribution >= 4 is 57.0 Å². The molecule has 8 nitrogen and oxygen atoms in total. The first-order valence-corrected chi connectivity index (χ1v) is 13.0. The lowest BCUT2D eigenvalue weighted by Crippen LogP contribution is -2.33. The molecule has 3 N–H and O–H groups in total. The number of pyridine rings is 2. The molecule has 3 heterocycles. The van der Waals surface area contributed by atoms with E-state index in [0.29, 0.717) is 50.4 Å². The molecule has 4 aromatic rings. The van der Waals surface area contributed by atoms with E-state index < -0.39 is 0 Å². The number of rotatable bonds is 9. The third kappa shape index (κ3) is 4.99. The fourth-order valence-corrected chi connectivity index (χ4v) is 5.10. The second-order valence-electron chi connectivity index (χ2n) is 9.09. The third-order valence-electron chi connectivity index (χ3n) is 6.60. The van der Waals surface area contributed by atoms with E-state index in [1.165, 1.54) is 0 Å². The molecular formula is C28H29Cl2N5O3. The summed E-state index contributed by atoms with van der Waals surface area (Å²) in [7, 11) is 4.99. The van der Waals surface area contributed by atoms with Crippen molar-refractivity contribution in [2.45, 2.75) is 6.92 Å². The van der Waals surface area contributed by atoms with Crippen LogP contribution in [0.1, 0.15) is 5.56 Å². The molecule has 1 aliphatic heterocycles. The summed E-state index contributed by atoms with van der Waals surface area (Å²) in [4.78, 5) is 9.67. The van der Waals surface area contributed by atoms with Crippen molar-refractivity contribution in [3.63, 3.8) is 0 Å². The first-order valence-electron chi connectivity index (χ1n) is 12.2. The summed E-state index contributed by atoms with van der Waals surface area (Å²) >= 11 is 13.5. The molecule has 10 heteroatoms. The van der Waals surface area contributed by atoms with E-state index in [-0.39, 0.29) is 0 Å². The minimum atomic E-state index is 0.355. The van der Waals surface area contributed by atoms with E-state index in [1.807, 2.05) is 37.5 Å². The SMILES string of the molecule is CNc1cccc(C)c1Nc1cc2c(NCC3COC3)nc(-c3c(Cl)c(OC)cc(OC)c3Cl)cc2cn1. The van der Waals surface area contributed by atoms with Gasteiger partial charge in [-0.2, -0.15) is 0 Å². The molecular weight excluding hydrogens is 525 g/mol. The third-order valence-corrected chi connectivity index (χ3v) is 7.36. The number of hydrogen-bond donors (Lipinski definition) is 3. The first-order chi connectivity index (χ1) is 18.4. The van der Waals surface area contributed by atoms with E-state index in [2.05, 4.69) is 28.9 Å². The van der Waals surface area contributed by atoms with Gasteiger partial charge in [0.05, 0.1) is 54.5 Å². The highest BCUT2D eigenvalue weighted by Gasteiger charge is 2.23. The predicted molar refractivity (Wildman–Crippen MR) is 155 cm³/mol. The second kappa shape index (κ2) is 11.1. The molecule has 1 saturated heterocycles. The zero-order valence-corrected chi connectivity index (χ0v) is 23.1. The summed E-state index contributed by atoms with van der Waals surface area (Å²) in [6.07, 6.45) is 1.82. The van der Waals surface area contributed by atoms with Gasteiger partial charge in [0.2, 0.25) is 0 Å². The lowest BCUT2D eigenvalue weighted by atomic mass is 10.1. The van der Waals surface area contributed by atoms with Crippen LogP contribution < -0.4 is 25.4 Å². The van der Waals surface area contributed by atoms with Crippen LogP contribution in [0.4, 0.5) is 23.0 Å². The lowest BCUT2D eigenvalue weighted by molar-refractivity contribution is -0.0248. The number of para-hydroxylation sites is 1. The highest BCUT2D eigenvalue weighted by molar-refractivity contribution is 6.41. The maximum absolute atomic E-state index is 6.73. The number of nitrogens with zero attached hydrogens (tertiary/aromatic N) is 2. The molecule has 0 atom stereocenters. The Morgan fingerprint density at radius 1 is 1.05 bits per heavy atom. The molecule has 5 rings (SSSR count). The standard InChI is InChI=1S/C28H29Cl2N5O3/c1-15-6-5-7-19(31-2)27(15)35-23-9-18-17(12-32-23)8-20(34-28(18)33-11-16-13-38-14-16)24-25(29)21(36-3)10-22(37-4)26(24)30/h5-10,12,16,31H,11,13-14H2,1-4H3,(H,32,35)(H,33,34). The maximum atomic E-state index is 6.73. The van der Waals surface area contributed by atoms with Crippen LogP contribution in [-0.2, 0) is 4.74 Å². The van der Waals surface area contributed by atoms with Gasteiger partial charge in [0.1, 0.15) is 23.1 Å². The van der Waals surface area contributed by atoms with Gasteiger partial charge in [0.15, 0.2) is 0 Å². The van der Waals surface area contributed by atoms with Crippen LogP contribution in [0.5, 0.6) is 11.5 Å². The average Bonchev–Trinajstić information content (AvgIpc) is 2.89. The summed E-state index contributed by atoms with van der Waals surface area (Å²) in [6.45, 7) is 4.23. The Morgan fingerprint density at radius 3 is 2.42 bits per heavy atom. The molecule has 0 radical (unpaired) electrons. The monoisotopic (exact) mass is 553 g/mol. The topological polar surface area (TPSA) is 89.6 Å². The van der Waals surface area contributed by atoms with Gasteiger partial charge >= 0.3 is 0 Å². The van der Waals surface area contributed by atoms with Crippen molar-refractivity contribution < 1.29 is 14.2 Å². The number of methoxy groups -OCH3 is 2. The van der Waals surface area contributed by atoms with Crippen LogP contribution in [0, 0.1) is 12.8 Å². The Labute approximate surface area is 231 Å². The minimum Gasteiger partial charge on any atom is -0.495 e. The van der Waals surface area contributed by atoms with Crippen LogP contribution in [0.3, 0.4) is 0 Å². The quantitative estimate of drug-likeness (QED) is 0.209. The van der Waals surface area contributed by atoms with Crippen molar-refractivity contribution in [1.29, 1.82) is 0 Å². The second-order valence-corrected chi connectivity index (χ2v) is 9.84. The number of ether oxygens (including phenoxy) is 3. The van der Waals surface area contributed by atoms with Gasteiger partial charge in [0.25, 0.3) is 0 Å². The van der Waals surface area contributed by atoms with Crippen molar-refractivity contribution in [1.82, 2.24) is 9.97 Å². The highest BCUT2D eigenvalue weighted by Crippen LogP contribution is 2.46. The fraction of sp³-hybridized carbons (Fsp3) is 0.286. The minimum absolute atomic E-state index is 0.355. The highest BCUT2D eigenvalue weighted by atomic mass is 35.5. The van der Waals surface area contributed by atoms with Gasteiger partial charge < -0.3 is 30.2 Å². The first kappa shape index (κ1) is 26.2. The summed E-state index contributed by atoms with van der Waals surface area (Å²) in [5.74, 6) is 2.71. The predicted octanol–water partition coefficient (Wildman–Crippen LogP) is 6.77. The number of benzene rings is 2. The molecule has 0 unspecified atom stereocenters. The van der Waals surface area contributed by atoms with Gasteiger partial charge in [0, 0.05) is 48.1 Å². The van der Waals surface area contributed by atoms with Gasteiger partial charge in [-0.15, -0.1) is 0 Å². The largest absolute Gasteiger partial charge is 0.495 e. The van der Waals surface area contributed by atoms with Crippen LogP contribution >= 0.6 is 23.2 Å². The van der Waals surface area contributed by atoms with E-state index in [1.54, 1.807) is 20.3 Å². The van der Waals surface area contributed by atoms with Gasteiger partial charge in [-0.25, -0.2) is 9.97 Å². The van der Waals surface area contributed by atoms with Gasteiger partial charge in [-0.3, -0.25) is 0 Å². The van der Waals surface area contributed by atoms with Crippen molar-refractivity contribution in [2.75, 3.05) is 57.0 Å². The summed E-state index contributed by atoms with van der Waals surface area (Å²) in [5.41, 5.74) is 4.17. The van der Waals surface area contributed by atoms with E-state index in [9.17, 15) is 0 Å². The molecule has 2 aromatic carbocycles. The van der Waals surface area contributed by atoms with Gasteiger partial charge in [-0.05, 0) is 30.7 Å². The number of halogens is 2. The Hall–Kier alpha value is -3.46. The molecule has 0 bridgehead atoms. The van der Waals surface area contributed by atoms with Crippen molar-refractivity contribution in [3.8, 4) is 22.8 Å². The Kier molecular flexibility index (Phi) is 7.65. The molecule has 1 aliphatic rings.